The standard InChI is InChI=1S/C21H15N5O3S/c1-29-20-10-15(12-22)2-5-19(20)26(21-7-9-24-14-25-21)30(27,28)18-4-3-17-13-23-8-6-16(17)11-18/h2-11,13-14H,1H3. The summed E-state index contributed by atoms with van der Waals surface area (Å²) >= 11 is 0. The van der Waals surface area contributed by atoms with Gasteiger partial charge in [0.15, 0.2) is 5.82 Å². The monoisotopic (exact) mass is 417 g/mol. The Balaban J connectivity index is 1.95. The summed E-state index contributed by atoms with van der Waals surface area (Å²) in [5.74, 6) is 0.365. The zero-order valence-corrected chi connectivity index (χ0v) is 16.6. The molecular formula is C21H15N5O3S. The van der Waals surface area contributed by atoms with E-state index in [0.29, 0.717) is 5.56 Å². The van der Waals surface area contributed by atoms with Crippen LogP contribution in [0.3, 0.4) is 0 Å². The maximum Gasteiger partial charge on any atom is 0.270 e. The van der Waals surface area contributed by atoms with Crippen molar-refractivity contribution in [3.05, 3.63) is 79.0 Å². The van der Waals surface area contributed by atoms with E-state index >= 15 is 0 Å². The fourth-order valence-electron chi connectivity index (χ4n) is 3.02. The number of nitriles is 1. The van der Waals surface area contributed by atoms with Crippen molar-refractivity contribution in [1.29, 1.82) is 5.26 Å². The summed E-state index contributed by atoms with van der Waals surface area (Å²) in [4.78, 5) is 12.1. The van der Waals surface area contributed by atoms with Crippen molar-refractivity contribution in [2.45, 2.75) is 4.90 Å². The van der Waals surface area contributed by atoms with Crippen LogP contribution in [-0.4, -0.2) is 30.5 Å². The fourth-order valence-corrected chi connectivity index (χ4v) is 4.51. The smallest absolute Gasteiger partial charge is 0.270 e. The number of benzene rings is 2. The van der Waals surface area contributed by atoms with Gasteiger partial charge in [0.1, 0.15) is 17.8 Å². The Bertz CT molecular complexity index is 1370. The summed E-state index contributed by atoms with van der Waals surface area (Å²) in [6.07, 6.45) is 5.98. The number of sulfonamides is 1. The molecule has 2 heterocycles. The zero-order chi connectivity index (χ0) is 21.1. The predicted octanol–water partition coefficient (Wildman–Crippen LogP) is 3.43. The number of rotatable bonds is 5. The van der Waals surface area contributed by atoms with Crippen LogP contribution in [-0.2, 0) is 10.0 Å². The molecule has 0 aliphatic carbocycles. The topological polar surface area (TPSA) is 109 Å². The molecular weight excluding hydrogens is 402 g/mol. The van der Waals surface area contributed by atoms with E-state index in [1.165, 1.54) is 50.0 Å². The second-order valence-electron chi connectivity index (χ2n) is 6.22. The van der Waals surface area contributed by atoms with Gasteiger partial charge >= 0.3 is 0 Å². The Morgan fingerprint density at radius 1 is 1.00 bits per heavy atom. The lowest BCUT2D eigenvalue weighted by Crippen LogP contribution is -2.27. The Morgan fingerprint density at radius 3 is 2.57 bits per heavy atom. The van der Waals surface area contributed by atoms with Gasteiger partial charge in [-0.2, -0.15) is 5.26 Å². The van der Waals surface area contributed by atoms with Crippen LogP contribution in [0.15, 0.2) is 78.3 Å². The SMILES string of the molecule is COc1cc(C#N)ccc1N(c1ccncn1)S(=O)(=O)c1ccc2cnccc2c1. The number of pyridine rings is 1. The molecule has 0 bridgehead atoms. The van der Waals surface area contributed by atoms with Crippen LogP contribution in [0.1, 0.15) is 5.56 Å². The molecule has 0 aliphatic heterocycles. The summed E-state index contributed by atoms with van der Waals surface area (Å²) < 4.78 is 33.9. The zero-order valence-electron chi connectivity index (χ0n) is 15.8. The van der Waals surface area contributed by atoms with Crippen molar-refractivity contribution in [3.63, 3.8) is 0 Å². The minimum Gasteiger partial charge on any atom is -0.494 e. The molecule has 0 radical (unpaired) electrons. The maximum absolute atomic E-state index is 13.7. The molecule has 148 valence electrons. The highest BCUT2D eigenvalue weighted by Crippen LogP contribution is 2.38. The summed E-state index contributed by atoms with van der Waals surface area (Å²) in [6.45, 7) is 0. The van der Waals surface area contributed by atoms with Crippen LogP contribution < -0.4 is 9.04 Å². The lowest BCUT2D eigenvalue weighted by atomic mass is 10.2. The number of fused-ring (bicyclic) bond motifs is 1. The van der Waals surface area contributed by atoms with Crippen molar-refractivity contribution in [2.24, 2.45) is 0 Å². The first-order valence-electron chi connectivity index (χ1n) is 8.78. The quantitative estimate of drug-likeness (QED) is 0.489. The highest BCUT2D eigenvalue weighted by Gasteiger charge is 2.30. The number of anilines is 2. The van der Waals surface area contributed by atoms with Gasteiger partial charge in [-0.25, -0.2) is 22.7 Å². The minimum absolute atomic E-state index is 0.0752. The van der Waals surface area contributed by atoms with Gasteiger partial charge < -0.3 is 4.74 Å². The molecule has 0 saturated carbocycles. The number of nitrogens with zero attached hydrogens (tertiary/aromatic N) is 5. The van der Waals surface area contributed by atoms with Gasteiger partial charge in [-0.05, 0) is 35.7 Å². The highest BCUT2D eigenvalue weighted by atomic mass is 32.2. The van der Waals surface area contributed by atoms with Crippen LogP contribution in [0, 0.1) is 11.3 Å². The first-order valence-corrected chi connectivity index (χ1v) is 10.2. The van der Waals surface area contributed by atoms with E-state index in [-0.39, 0.29) is 22.2 Å². The lowest BCUT2D eigenvalue weighted by molar-refractivity contribution is 0.416. The van der Waals surface area contributed by atoms with Crippen LogP contribution in [0.5, 0.6) is 5.75 Å². The van der Waals surface area contributed by atoms with Crippen molar-refractivity contribution in [3.8, 4) is 11.8 Å². The van der Waals surface area contributed by atoms with E-state index in [9.17, 15) is 13.7 Å². The molecule has 2 aromatic carbocycles. The van der Waals surface area contributed by atoms with Gasteiger partial charge in [-0.3, -0.25) is 4.98 Å². The van der Waals surface area contributed by atoms with E-state index in [2.05, 4.69) is 15.0 Å². The number of hydrogen-bond donors (Lipinski definition) is 0. The minimum atomic E-state index is -4.09. The second-order valence-corrected chi connectivity index (χ2v) is 8.01. The van der Waals surface area contributed by atoms with Gasteiger partial charge in [0.2, 0.25) is 0 Å². The molecule has 0 amide bonds. The molecule has 2 aromatic heterocycles. The number of methoxy groups -OCH3 is 1. The average Bonchev–Trinajstić information content (AvgIpc) is 2.79. The molecule has 9 heteroatoms. The molecule has 0 spiro atoms. The Kier molecular flexibility index (Phi) is 5.00. The molecule has 0 atom stereocenters. The Labute approximate surface area is 173 Å². The van der Waals surface area contributed by atoms with Crippen molar-refractivity contribution >= 4 is 32.3 Å². The van der Waals surface area contributed by atoms with E-state index in [1.54, 1.807) is 30.6 Å². The van der Waals surface area contributed by atoms with E-state index in [1.807, 2.05) is 6.07 Å². The third-order valence-corrected chi connectivity index (χ3v) is 6.17. The lowest BCUT2D eigenvalue weighted by Gasteiger charge is -2.25. The molecule has 0 unspecified atom stereocenters. The van der Waals surface area contributed by atoms with E-state index < -0.39 is 10.0 Å². The second kappa shape index (κ2) is 7.77. The Morgan fingerprint density at radius 2 is 1.83 bits per heavy atom. The van der Waals surface area contributed by atoms with Crippen LogP contribution in [0.2, 0.25) is 0 Å². The molecule has 30 heavy (non-hydrogen) atoms. The van der Waals surface area contributed by atoms with Gasteiger partial charge in [-0.15, -0.1) is 0 Å². The first kappa shape index (κ1) is 19.3. The van der Waals surface area contributed by atoms with Gasteiger partial charge in [0, 0.05) is 36.1 Å². The number of hydrogen-bond acceptors (Lipinski definition) is 7. The number of aromatic nitrogens is 3. The largest absolute Gasteiger partial charge is 0.494 e. The molecule has 0 saturated heterocycles. The molecule has 4 rings (SSSR count). The third-order valence-electron chi connectivity index (χ3n) is 4.45. The van der Waals surface area contributed by atoms with Crippen LogP contribution in [0.4, 0.5) is 11.5 Å². The fraction of sp³-hybridized carbons (Fsp3) is 0.0476. The van der Waals surface area contributed by atoms with Gasteiger partial charge in [-0.1, -0.05) is 6.07 Å². The summed E-state index contributed by atoms with van der Waals surface area (Å²) in [5, 5.41) is 10.7. The van der Waals surface area contributed by atoms with Crippen molar-refractivity contribution in [1.82, 2.24) is 15.0 Å². The van der Waals surface area contributed by atoms with Crippen molar-refractivity contribution in [2.75, 3.05) is 11.4 Å². The Hall–Kier alpha value is -4.03. The van der Waals surface area contributed by atoms with Crippen LogP contribution >= 0.6 is 0 Å². The molecule has 0 fully saturated rings. The molecule has 0 N–H and O–H groups in total. The van der Waals surface area contributed by atoms with Gasteiger partial charge in [0.25, 0.3) is 10.0 Å². The third kappa shape index (κ3) is 3.40. The average molecular weight is 417 g/mol. The first-order chi connectivity index (χ1) is 14.5. The molecule has 8 nitrogen and oxygen atoms in total. The van der Waals surface area contributed by atoms with E-state index in [4.69, 9.17) is 4.74 Å². The normalized spacial score (nSPS) is 11.1. The predicted molar refractivity (Wildman–Crippen MR) is 111 cm³/mol. The van der Waals surface area contributed by atoms with E-state index in [0.717, 1.165) is 15.1 Å². The summed E-state index contributed by atoms with van der Waals surface area (Å²) in [6, 6.07) is 14.6. The number of ether oxygens (including phenoxy) is 1. The van der Waals surface area contributed by atoms with Crippen LogP contribution in [0.25, 0.3) is 10.8 Å². The highest BCUT2D eigenvalue weighted by molar-refractivity contribution is 7.93. The van der Waals surface area contributed by atoms with Crippen molar-refractivity contribution < 1.29 is 13.2 Å². The molecule has 0 aliphatic rings. The molecule has 4 aromatic rings. The summed E-state index contributed by atoms with van der Waals surface area (Å²) in [5.41, 5.74) is 0.568. The summed E-state index contributed by atoms with van der Waals surface area (Å²) in [7, 11) is -2.68. The van der Waals surface area contributed by atoms with Gasteiger partial charge in [0.05, 0.1) is 23.6 Å². The maximum atomic E-state index is 13.7.